The molecule has 430 valence electrons. The molecule has 1 saturated heterocycles. The van der Waals surface area contributed by atoms with Crippen LogP contribution in [0.3, 0.4) is 0 Å². The van der Waals surface area contributed by atoms with Crippen molar-refractivity contribution in [3.63, 3.8) is 0 Å². The molecule has 1 aliphatic rings. The van der Waals surface area contributed by atoms with Gasteiger partial charge in [0, 0.05) is 0 Å². The zero-order valence-corrected chi connectivity index (χ0v) is 46.8. The number of carboxylic acid groups (broad SMARTS) is 1. The Balaban J connectivity index is 3.83. The topological polar surface area (TPSA) is 337 Å². The second kappa shape index (κ2) is 35.0. The zero-order valence-electron chi connectivity index (χ0n) is 46.8. The van der Waals surface area contributed by atoms with E-state index in [1.165, 1.54) is 6.92 Å². The Hall–Kier alpha value is -5.38. The molecular weight excluding hydrogens is 973 g/mol. The smallest absolute Gasteiger partial charge is 0.329 e. The number of unbranched alkanes of at least 4 members (excludes halogenated alkanes) is 6. The van der Waals surface area contributed by atoms with Crippen LogP contribution >= 0.6 is 0 Å². The van der Waals surface area contributed by atoms with Gasteiger partial charge in [-0.2, -0.15) is 0 Å². The van der Waals surface area contributed by atoms with Crippen molar-refractivity contribution in [3.05, 3.63) is 0 Å². The Kier molecular flexibility index (Phi) is 31.6. The Morgan fingerprint density at radius 1 is 0.587 bits per heavy atom. The van der Waals surface area contributed by atoms with E-state index in [0.29, 0.717) is 19.3 Å². The molecule has 1 fully saturated rings. The second-order valence-corrected chi connectivity index (χ2v) is 22.0. The van der Waals surface area contributed by atoms with Crippen LogP contribution in [-0.2, 0) is 52.7 Å². The van der Waals surface area contributed by atoms with Crippen LogP contribution in [0, 0.1) is 29.6 Å². The first kappa shape index (κ1) is 67.6. The van der Waals surface area contributed by atoms with Gasteiger partial charge in [-0.3, -0.25) is 43.2 Å². The van der Waals surface area contributed by atoms with Gasteiger partial charge in [-0.05, 0) is 68.6 Å². The van der Waals surface area contributed by atoms with Crippen molar-refractivity contribution in [3.8, 4) is 0 Å². The molecule has 1 heterocycles. The Morgan fingerprint density at radius 3 is 1.52 bits per heavy atom. The SMILES string of the molecule is CCCCCCCCCC(O)CC(=O)NC(CC(C)C)C(=O)NC(CC(=O)O)C(=O)NC1C(=O)NC(CC(C)C)C(=O)NC(CC(C)C)C(=O)NC(CO)C(=O)NC(CC(C)C)C(=O)NC(C(C)CC)C(=O)OC1C. The van der Waals surface area contributed by atoms with Crippen LogP contribution in [0.2, 0.25) is 0 Å². The first-order chi connectivity index (χ1) is 35.1. The third-order valence-corrected chi connectivity index (χ3v) is 12.9. The predicted molar refractivity (Wildman–Crippen MR) is 281 cm³/mol. The van der Waals surface area contributed by atoms with Crippen LogP contribution in [0.1, 0.15) is 179 Å². The molecule has 0 spiro atoms. The molecule has 8 amide bonds. The number of esters is 1. The number of carbonyl (C=O) groups excluding carboxylic acids is 9. The van der Waals surface area contributed by atoms with Gasteiger partial charge in [0.25, 0.3) is 0 Å². The molecule has 22 heteroatoms. The van der Waals surface area contributed by atoms with Gasteiger partial charge in [0.2, 0.25) is 47.3 Å². The molecule has 0 saturated carbocycles. The summed E-state index contributed by atoms with van der Waals surface area (Å²) in [5, 5.41) is 51.3. The number of rotatable bonds is 28. The quantitative estimate of drug-likeness (QED) is 0.0396. The summed E-state index contributed by atoms with van der Waals surface area (Å²) in [4.78, 5) is 138. The standard InChI is InChI=1S/C53H94N8O14/c1-13-15-16-17-18-19-20-21-35(63)26-42(64)54-36(22-29(3)4)46(67)57-40(27-43(65)66)50(71)61-45-34(12)75-53(74)44(33(11)14-2)60-49(70)39(25-32(9)10)56-51(72)41(28-62)59-48(69)37(23-30(5)6)55-47(68)38(24-31(7)8)58-52(45)73/h29-41,44-45,62-63H,13-28H2,1-12H3,(H,54,64)(H,55,68)(H,56,72)(H,57,67)(H,58,73)(H,59,69)(H,60,70)(H,61,71)(H,65,66). The van der Waals surface area contributed by atoms with Crippen LogP contribution < -0.4 is 42.5 Å². The first-order valence-corrected chi connectivity index (χ1v) is 27.3. The first-order valence-electron chi connectivity index (χ1n) is 27.3. The van der Waals surface area contributed by atoms with Crippen LogP contribution in [0.25, 0.3) is 0 Å². The number of carboxylic acids is 1. The molecule has 0 aliphatic carbocycles. The van der Waals surface area contributed by atoms with Crippen LogP contribution in [0.5, 0.6) is 0 Å². The highest BCUT2D eigenvalue weighted by Crippen LogP contribution is 2.17. The van der Waals surface area contributed by atoms with Crippen molar-refractivity contribution >= 4 is 59.2 Å². The molecule has 0 radical (unpaired) electrons. The molecule has 1 rings (SSSR count). The minimum absolute atomic E-state index is 0.0275. The molecule has 1 aliphatic heterocycles. The van der Waals surface area contributed by atoms with E-state index in [-0.39, 0.29) is 55.8 Å². The summed E-state index contributed by atoms with van der Waals surface area (Å²) in [5.41, 5.74) is 0. The molecule has 0 aromatic carbocycles. The summed E-state index contributed by atoms with van der Waals surface area (Å²) in [7, 11) is 0. The van der Waals surface area contributed by atoms with E-state index < -0.39 is 139 Å². The molecule has 0 aromatic rings. The number of amides is 8. The van der Waals surface area contributed by atoms with E-state index in [4.69, 9.17) is 4.74 Å². The third kappa shape index (κ3) is 26.3. The normalized spacial score (nSPS) is 23.3. The van der Waals surface area contributed by atoms with Crippen molar-refractivity contribution in [2.45, 2.75) is 240 Å². The summed E-state index contributed by atoms with van der Waals surface area (Å²) in [6, 6.07) is -12.0. The lowest BCUT2D eigenvalue weighted by atomic mass is 9.97. The minimum Gasteiger partial charge on any atom is -0.481 e. The van der Waals surface area contributed by atoms with Gasteiger partial charge < -0.3 is 62.6 Å². The van der Waals surface area contributed by atoms with Crippen molar-refractivity contribution < 1.29 is 68.0 Å². The van der Waals surface area contributed by atoms with Crippen LogP contribution in [0.15, 0.2) is 0 Å². The predicted octanol–water partition coefficient (Wildman–Crippen LogP) is 2.40. The van der Waals surface area contributed by atoms with E-state index in [2.05, 4.69) is 49.5 Å². The second-order valence-electron chi connectivity index (χ2n) is 22.0. The zero-order chi connectivity index (χ0) is 57.1. The Labute approximate surface area is 444 Å². The Bertz CT molecular complexity index is 1860. The van der Waals surface area contributed by atoms with Gasteiger partial charge in [0.05, 0.1) is 25.6 Å². The fourth-order valence-electron chi connectivity index (χ4n) is 8.54. The number of aliphatic carboxylic acids is 1. The van der Waals surface area contributed by atoms with E-state index in [0.717, 1.165) is 38.5 Å². The maximum Gasteiger partial charge on any atom is 0.329 e. The van der Waals surface area contributed by atoms with Crippen molar-refractivity contribution in [2.24, 2.45) is 29.6 Å². The lowest BCUT2D eigenvalue weighted by molar-refractivity contribution is -0.157. The highest BCUT2D eigenvalue weighted by molar-refractivity contribution is 5.99. The molecule has 22 nitrogen and oxygen atoms in total. The molecule has 11 atom stereocenters. The molecule has 11 N–H and O–H groups in total. The van der Waals surface area contributed by atoms with Gasteiger partial charge >= 0.3 is 11.9 Å². The molecule has 0 aromatic heterocycles. The van der Waals surface area contributed by atoms with E-state index in [1.54, 1.807) is 69.2 Å². The van der Waals surface area contributed by atoms with Gasteiger partial charge in [0.15, 0.2) is 0 Å². The number of ether oxygens (including phenoxy) is 1. The molecule has 11 unspecified atom stereocenters. The lowest BCUT2D eigenvalue weighted by Gasteiger charge is -2.31. The number of nitrogens with one attached hydrogen (secondary N) is 8. The molecule has 0 bridgehead atoms. The van der Waals surface area contributed by atoms with Crippen LogP contribution in [0.4, 0.5) is 0 Å². The summed E-state index contributed by atoms with van der Waals surface area (Å²) in [6.45, 7) is 20.1. The molecule has 75 heavy (non-hydrogen) atoms. The van der Waals surface area contributed by atoms with Gasteiger partial charge in [0.1, 0.15) is 54.4 Å². The fourth-order valence-corrected chi connectivity index (χ4v) is 8.54. The number of hydrogen-bond acceptors (Lipinski definition) is 13. The minimum atomic E-state index is -1.90. The summed E-state index contributed by atoms with van der Waals surface area (Å²) >= 11 is 0. The Morgan fingerprint density at radius 2 is 1.05 bits per heavy atom. The highest BCUT2D eigenvalue weighted by atomic mass is 16.5. The van der Waals surface area contributed by atoms with Gasteiger partial charge in [-0.15, -0.1) is 0 Å². The number of carbonyl (C=O) groups is 10. The van der Waals surface area contributed by atoms with E-state index in [9.17, 15) is 63.3 Å². The average Bonchev–Trinajstić information content (AvgIpc) is 3.30. The molecular formula is C53H94N8O14. The largest absolute Gasteiger partial charge is 0.481 e. The summed E-state index contributed by atoms with van der Waals surface area (Å²) in [6.07, 6.45) is 4.06. The van der Waals surface area contributed by atoms with E-state index in [1.807, 2.05) is 0 Å². The van der Waals surface area contributed by atoms with Crippen molar-refractivity contribution in [1.82, 2.24) is 42.5 Å². The maximum absolute atomic E-state index is 14.6. The van der Waals surface area contributed by atoms with E-state index >= 15 is 0 Å². The highest BCUT2D eigenvalue weighted by Gasteiger charge is 2.40. The number of aliphatic hydroxyl groups excluding tert-OH is 2. The maximum atomic E-state index is 14.6. The average molecular weight is 1070 g/mol. The van der Waals surface area contributed by atoms with Gasteiger partial charge in [-0.25, -0.2) is 4.79 Å². The summed E-state index contributed by atoms with van der Waals surface area (Å²) in [5.74, 6) is -11.4. The van der Waals surface area contributed by atoms with Crippen molar-refractivity contribution in [2.75, 3.05) is 6.61 Å². The van der Waals surface area contributed by atoms with Crippen LogP contribution in [-0.4, -0.2) is 142 Å². The lowest BCUT2D eigenvalue weighted by Crippen LogP contribution is -2.62. The summed E-state index contributed by atoms with van der Waals surface area (Å²) < 4.78 is 5.85. The fraction of sp³-hybridized carbons (Fsp3) is 0.811. The number of aliphatic hydroxyl groups is 2. The van der Waals surface area contributed by atoms with Crippen molar-refractivity contribution in [1.29, 1.82) is 0 Å². The number of hydrogen-bond donors (Lipinski definition) is 11. The monoisotopic (exact) mass is 1070 g/mol. The third-order valence-electron chi connectivity index (χ3n) is 12.9. The number of cyclic esters (lactones) is 1. The van der Waals surface area contributed by atoms with Gasteiger partial charge in [-0.1, -0.05) is 128 Å².